The standard InChI is InChI=1S/C32H36ClN3O5/c1-35(22-30(37)25-6-4-3-5-7-25)20-24-10-13-29-27(18-24)31(38)28(21-36(29)14-15-41-17-16-40-2)32(39)34-19-23-8-11-26(33)12-9-23/h3-13,18,21,30,37H,14-17,19-20,22H2,1-2H3,(H,34,39). The van der Waals surface area contributed by atoms with Gasteiger partial charge in [-0.3, -0.25) is 14.5 Å². The molecule has 0 aliphatic rings. The van der Waals surface area contributed by atoms with Gasteiger partial charge in [0, 0.05) is 49.9 Å². The van der Waals surface area contributed by atoms with E-state index in [2.05, 4.69) is 5.32 Å². The number of rotatable bonds is 14. The minimum absolute atomic E-state index is 0.0633. The van der Waals surface area contributed by atoms with Gasteiger partial charge in [-0.15, -0.1) is 0 Å². The number of amides is 1. The van der Waals surface area contributed by atoms with Crippen LogP contribution in [0.1, 0.15) is 33.2 Å². The van der Waals surface area contributed by atoms with E-state index in [-0.39, 0.29) is 17.5 Å². The molecule has 9 heteroatoms. The lowest BCUT2D eigenvalue weighted by molar-refractivity contribution is 0.0669. The van der Waals surface area contributed by atoms with Crippen LogP contribution in [0.2, 0.25) is 5.02 Å². The van der Waals surface area contributed by atoms with E-state index in [4.69, 9.17) is 21.1 Å². The molecule has 1 amide bonds. The molecule has 41 heavy (non-hydrogen) atoms. The van der Waals surface area contributed by atoms with E-state index in [1.54, 1.807) is 25.4 Å². The molecule has 0 aliphatic heterocycles. The van der Waals surface area contributed by atoms with Gasteiger partial charge in [0.15, 0.2) is 0 Å². The molecule has 2 N–H and O–H groups in total. The average Bonchev–Trinajstić information content (AvgIpc) is 2.98. The molecule has 8 nitrogen and oxygen atoms in total. The monoisotopic (exact) mass is 577 g/mol. The Labute approximate surface area is 245 Å². The third-order valence-electron chi connectivity index (χ3n) is 6.79. The van der Waals surface area contributed by atoms with Crippen molar-refractivity contribution >= 4 is 28.4 Å². The number of ether oxygens (including phenoxy) is 2. The molecule has 0 saturated carbocycles. The molecular formula is C32H36ClN3O5. The molecule has 0 aliphatic carbocycles. The third kappa shape index (κ3) is 8.48. The first-order chi connectivity index (χ1) is 19.9. The van der Waals surface area contributed by atoms with E-state index in [0.717, 1.165) is 22.2 Å². The van der Waals surface area contributed by atoms with Crippen molar-refractivity contribution in [2.24, 2.45) is 0 Å². The number of halogens is 1. The smallest absolute Gasteiger partial charge is 0.257 e. The third-order valence-corrected chi connectivity index (χ3v) is 7.04. The largest absolute Gasteiger partial charge is 0.387 e. The number of methoxy groups -OCH3 is 1. The number of benzene rings is 3. The second-order valence-corrected chi connectivity index (χ2v) is 10.4. The van der Waals surface area contributed by atoms with Crippen LogP contribution in [0.15, 0.2) is 83.8 Å². The molecule has 1 unspecified atom stereocenters. The summed E-state index contributed by atoms with van der Waals surface area (Å²) in [4.78, 5) is 28.8. The maximum Gasteiger partial charge on any atom is 0.257 e. The van der Waals surface area contributed by atoms with Crippen molar-refractivity contribution in [3.05, 3.63) is 116 Å². The van der Waals surface area contributed by atoms with Crippen molar-refractivity contribution in [1.29, 1.82) is 0 Å². The van der Waals surface area contributed by atoms with Gasteiger partial charge in [-0.25, -0.2) is 0 Å². The van der Waals surface area contributed by atoms with Crippen LogP contribution in [0.3, 0.4) is 0 Å². The van der Waals surface area contributed by atoms with Crippen LogP contribution in [0.25, 0.3) is 10.9 Å². The van der Waals surface area contributed by atoms with Gasteiger partial charge < -0.3 is 24.5 Å². The van der Waals surface area contributed by atoms with Gasteiger partial charge in [0.1, 0.15) is 5.56 Å². The number of aliphatic hydroxyl groups excluding tert-OH is 1. The summed E-state index contributed by atoms with van der Waals surface area (Å²) in [5, 5.41) is 14.6. The number of hydrogen-bond acceptors (Lipinski definition) is 6. The maximum absolute atomic E-state index is 13.6. The Morgan fingerprint density at radius 3 is 2.49 bits per heavy atom. The van der Waals surface area contributed by atoms with E-state index in [1.807, 2.05) is 77.2 Å². The Kier molecular flexibility index (Phi) is 11.1. The van der Waals surface area contributed by atoms with Gasteiger partial charge in [0.25, 0.3) is 5.91 Å². The number of hydrogen-bond donors (Lipinski definition) is 2. The van der Waals surface area contributed by atoms with Crippen LogP contribution in [0.4, 0.5) is 0 Å². The zero-order valence-corrected chi connectivity index (χ0v) is 24.1. The number of nitrogens with zero attached hydrogens (tertiary/aromatic N) is 2. The molecule has 1 atom stereocenters. The van der Waals surface area contributed by atoms with Crippen molar-refractivity contribution in [3.8, 4) is 0 Å². The summed E-state index contributed by atoms with van der Waals surface area (Å²) in [7, 11) is 3.54. The zero-order chi connectivity index (χ0) is 29.2. The van der Waals surface area contributed by atoms with Crippen LogP contribution in [0, 0.1) is 0 Å². The highest BCUT2D eigenvalue weighted by molar-refractivity contribution is 6.30. The predicted molar refractivity (Wildman–Crippen MR) is 161 cm³/mol. The van der Waals surface area contributed by atoms with Crippen LogP contribution >= 0.6 is 11.6 Å². The van der Waals surface area contributed by atoms with E-state index in [0.29, 0.717) is 49.9 Å². The maximum atomic E-state index is 13.6. The highest BCUT2D eigenvalue weighted by atomic mass is 35.5. The lowest BCUT2D eigenvalue weighted by Crippen LogP contribution is -2.30. The van der Waals surface area contributed by atoms with Gasteiger partial charge >= 0.3 is 0 Å². The Balaban J connectivity index is 1.57. The number of carbonyl (C=O) groups excluding carboxylic acids is 1. The highest BCUT2D eigenvalue weighted by Crippen LogP contribution is 2.19. The highest BCUT2D eigenvalue weighted by Gasteiger charge is 2.17. The summed E-state index contributed by atoms with van der Waals surface area (Å²) >= 11 is 5.97. The minimum Gasteiger partial charge on any atom is -0.387 e. The Morgan fingerprint density at radius 2 is 1.76 bits per heavy atom. The topological polar surface area (TPSA) is 93.0 Å². The fraction of sp³-hybridized carbons (Fsp3) is 0.312. The molecule has 0 bridgehead atoms. The number of carbonyl (C=O) groups is 1. The van der Waals surface area contributed by atoms with Crippen molar-refractivity contribution in [3.63, 3.8) is 0 Å². The van der Waals surface area contributed by atoms with Crippen molar-refractivity contribution < 1.29 is 19.4 Å². The Morgan fingerprint density at radius 1 is 1.02 bits per heavy atom. The molecule has 216 valence electrons. The lowest BCUT2D eigenvalue weighted by Gasteiger charge is -2.21. The van der Waals surface area contributed by atoms with E-state index in [9.17, 15) is 14.7 Å². The summed E-state index contributed by atoms with van der Waals surface area (Å²) in [6.45, 7) is 3.01. The van der Waals surface area contributed by atoms with E-state index >= 15 is 0 Å². The predicted octanol–water partition coefficient (Wildman–Crippen LogP) is 4.41. The van der Waals surface area contributed by atoms with Gasteiger partial charge in [-0.1, -0.05) is 60.1 Å². The van der Waals surface area contributed by atoms with E-state index < -0.39 is 12.0 Å². The number of aromatic nitrogens is 1. The van der Waals surface area contributed by atoms with Gasteiger partial charge in [0.05, 0.1) is 31.4 Å². The first kappa shape index (κ1) is 30.4. The van der Waals surface area contributed by atoms with Crippen molar-refractivity contribution in [1.82, 2.24) is 14.8 Å². The quantitative estimate of drug-likeness (QED) is 0.216. The lowest BCUT2D eigenvalue weighted by atomic mass is 10.1. The van der Waals surface area contributed by atoms with Crippen LogP contribution in [0.5, 0.6) is 0 Å². The summed E-state index contributed by atoms with van der Waals surface area (Å²) in [5.41, 5.74) is 3.07. The molecule has 0 fully saturated rings. The SMILES string of the molecule is COCCOCCn1cc(C(=O)NCc2ccc(Cl)cc2)c(=O)c2cc(CN(C)CC(O)c3ccccc3)ccc21. The van der Waals surface area contributed by atoms with Gasteiger partial charge in [-0.05, 0) is 48.0 Å². The first-order valence-corrected chi connectivity index (χ1v) is 13.9. The molecule has 0 radical (unpaired) electrons. The normalized spacial score (nSPS) is 12.1. The van der Waals surface area contributed by atoms with Crippen LogP contribution < -0.4 is 10.7 Å². The molecule has 0 spiro atoms. The molecule has 0 saturated heterocycles. The second-order valence-electron chi connectivity index (χ2n) is 9.95. The number of nitrogens with one attached hydrogen (secondary N) is 1. The first-order valence-electron chi connectivity index (χ1n) is 13.5. The average molecular weight is 578 g/mol. The van der Waals surface area contributed by atoms with Gasteiger partial charge in [0.2, 0.25) is 5.43 Å². The summed E-state index contributed by atoms with van der Waals surface area (Å²) in [5.74, 6) is -0.450. The van der Waals surface area contributed by atoms with Crippen LogP contribution in [-0.2, 0) is 29.1 Å². The zero-order valence-electron chi connectivity index (χ0n) is 23.4. The summed E-state index contributed by atoms with van der Waals surface area (Å²) in [6, 6.07) is 22.4. The summed E-state index contributed by atoms with van der Waals surface area (Å²) < 4.78 is 12.6. The van der Waals surface area contributed by atoms with Crippen LogP contribution in [-0.4, -0.2) is 61.0 Å². The summed E-state index contributed by atoms with van der Waals surface area (Å²) in [6.07, 6.45) is 0.969. The molecule has 3 aromatic carbocycles. The Hall–Kier alpha value is -3.53. The minimum atomic E-state index is -0.632. The van der Waals surface area contributed by atoms with Gasteiger partial charge in [-0.2, -0.15) is 0 Å². The molecule has 1 aromatic heterocycles. The van der Waals surface area contributed by atoms with Crippen molar-refractivity contribution in [2.45, 2.75) is 25.7 Å². The number of aliphatic hydroxyl groups is 1. The number of pyridine rings is 1. The van der Waals surface area contributed by atoms with Crippen molar-refractivity contribution in [2.75, 3.05) is 40.5 Å². The molecule has 4 rings (SSSR count). The molecule has 1 heterocycles. The van der Waals surface area contributed by atoms with E-state index in [1.165, 1.54) is 0 Å². The molecule has 4 aromatic rings. The fourth-order valence-corrected chi connectivity index (χ4v) is 4.75. The Bertz CT molecular complexity index is 1490. The fourth-order valence-electron chi connectivity index (χ4n) is 4.63. The number of likely N-dealkylation sites (N-methyl/N-ethyl adjacent to an activating group) is 1. The second kappa shape index (κ2) is 14.9. The number of fused-ring (bicyclic) bond motifs is 1. The molecular weight excluding hydrogens is 542 g/mol.